The van der Waals surface area contributed by atoms with Crippen molar-refractivity contribution < 1.29 is 29.7 Å². The Labute approximate surface area is 123 Å². The smallest absolute Gasteiger partial charge is 0.320 e. The normalized spacial score (nSPS) is 12.7. The van der Waals surface area contributed by atoms with Crippen LogP contribution in [0.2, 0.25) is 0 Å². The average molecular weight is 307 g/mol. The van der Waals surface area contributed by atoms with E-state index in [-0.39, 0.29) is 12.8 Å². The molecule has 0 rings (SSSR count). The molecule has 124 valence electrons. The van der Waals surface area contributed by atoms with Crippen LogP contribution in [0.1, 0.15) is 32.1 Å². The van der Waals surface area contributed by atoms with Crippen molar-refractivity contribution in [1.82, 2.24) is 5.32 Å². The standard InChI is InChI=1S/C6H14N2O2.C6H11NO4/c7-4-2-1-3-5(8)6(9)10;1-7-4(6(10)11)2-3-5(8)9/h5H,1-4,7-8H2,(H,9,10);4,7H,2-3H2,1H3,(H,8,9)(H,10,11)/t5-;4-/m00/s1. The predicted molar refractivity (Wildman–Crippen MR) is 75.9 cm³/mol. The SMILES string of the molecule is CN[C@@H](CCC(=O)O)C(=O)O.NCCCC[C@H](N)C(=O)O. The van der Waals surface area contributed by atoms with Gasteiger partial charge in [-0.05, 0) is 32.9 Å². The summed E-state index contributed by atoms with van der Waals surface area (Å²) in [7, 11) is 1.49. The molecule has 0 radical (unpaired) electrons. The van der Waals surface area contributed by atoms with Gasteiger partial charge in [-0.15, -0.1) is 0 Å². The Bertz CT molecular complexity index is 324. The van der Waals surface area contributed by atoms with E-state index < -0.39 is 30.0 Å². The summed E-state index contributed by atoms with van der Waals surface area (Å²) >= 11 is 0. The van der Waals surface area contributed by atoms with Crippen molar-refractivity contribution in [2.45, 2.75) is 44.2 Å². The van der Waals surface area contributed by atoms with E-state index >= 15 is 0 Å². The summed E-state index contributed by atoms with van der Waals surface area (Å²) < 4.78 is 0. The van der Waals surface area contributed by atoms with Gasteiger partial charge in [-0.25, -0.2) is 0 Å². The lowest BCUT2D eigenvalue weighted by Gasteiger charge is -2.07. The number of likely N-dealkylation sites (N-methyl/N-ethyl adjacent to an activating group) is 1. The molecular formula is C12H25N3O6. The molecule has 0 heterocycles. The van der Waals surface area contributed by atoms with E-state index in [9.17, 15) is 14.4 Å². The zero-order valence-corrected chi connectivity index (χ0v) is 12.1. The molecule has 9 nitrogen and oxygen atoms in total. The second kappa shape index (κ2) is 13.3. The maximum atomic E-state index is 10.3. The molecule has 9 heteroatoms. The van der Waals surface area contributed by atoms with E-state index in [1.165, 1.54) is 7.05 Å². The van der Waals surface area contributed by atoms with Crippen LogP contribution in [0.3, 0.4) is 0 Å². The summed E-state index contributed by atoms with van der Waals surface area (Å²) in [5.41, 5.74) is 10.4. The van der Waals surface area contributed by atoms with Gasteiger partial charge in [-0.3, -0.25) is 14.4 Å². The molecule has 0 aliphatic heterocycles. The largest absolute Gasteiger partial charge is 0.481 e. The van der Waals surface area contributed by atoms with Crippen molar-refractivity contribution in [3.63, 3.8) is 0 Å². The molecule has 0 saturated carbocycles. The average Bonchev–Trinajstić information content (AvgIpc) is 2.39. The Kier molecular flexibility index (Phi) is 13.7. The van der Waals surface area contributed by atoms with Gasteiger partial charge in [-0.2, -0.15) is 0 Å². The maximum Gasteiger partial charge on any atom is 0.320 e. The molecule has 2 atom stereocenters. The van der Waals surface area contributed by atoms with E-state index in [0.717, 1.165) is 12.8 Å². The summed E-state index contributed by atoms with van der Waals surface area (Å²) in [5, 5.41) is 27.5. The molecule has 0 aromatic heterocycles. The van der Waals surface area contributed by atoms with Crippen LogP contribution in [0, 0.1) is 0 Å². The summed E-state index contributed by atoms with van der Waals surface area (Å²) in [6.45, 7) is 0.604. The Morgan fingerprint density at radius 2 is 1.62 bits per heavy atom. The molecule has 8 N–H and O–H groups in total. The lowest BCUT2D eigenvalue weighted by Crippen LogP contribution is -2.34. The van der Waals surface area contributed by atoms with Crippen molar-refractivity contribution in [3.05, 3.63) is 0 Å². The van der Waals surface area contributed by atoms with Crippen molar-refractivity contribution in [2.24, 2.45) is 11.5 Å². The molecular weight excluding hydrogens is 282 g/mol. The molecule has 0 aliphatic carbocycles. The number of nitrogens with two attached hydrogens (primary N) is 2. The molecule has 0 amide bonds. The number of rotatable bonds is 10. The molecule has 0 bridgehead atoms. The minimum Gasteiger partial charge on any atom is -0.481 e. The van der Waals surface area contributed by atoms with Gasteiger partial charge in [-0.1, -0.05) is 6.42 Å². The first kappa shape index (κ1) is 21.6. The number of unbranched alkanes of at least 4 members (excludes halogenated alkanes) is 1. The third-order valence-electron chi connectivity index (χ3n) is 2.58. The minimum absolute atomic E-state index is 0.112. The van der Waals surface area contributed by atoms with Gasteiger partial charge >= 0.3 is 17.9 Å². The van der Waals surface area contributed by atoms with Gasteiger partial charge in [0, 0.05) is 6.42 Å². The number of carboxylic acids is 3. The molecule has 0 aliphatic rings. The van der Waals surface area contributed by atoms with Crippen LogP contribution in [-0.4, -0.2) is 58.9 Å². The Morgan fingerprint density at radius 3 is 1.95 bits per heavy atom. The van der Waals surface area contributed by atoms with Crippen LogP contribution in [-0.2, 0) is 14.4 Å². The zero-order chi connectivity index (χ0) is 16.8. The molecule has 0 spiro atoms. The van der Waals surface area contributed by atoms with E-state index in [0.29, 0.717) is 13.0 Å². The fourth-order valence-electron chi connectivity index (χ4n) is 1.29. The van der Waals surface area contributed by atoms with Gasteiger partial charge in [0.2, 0.25) is 0 Å². The van der Waals surface area contributed by atoms with Crippen LogP contribution in [0.15, 0.2) is 0 Å². The molecule has 0 unspecified atom stereocenters. The highest BCUT2D eigenvalue weighted by Gasteiger charge is 2.15. The van der Waals surface area contributed by atoms with E-state index in [4.69, 9.17) is 26.8 Å². The first-order valence-corrected chi connectivity index (χ1v) is 6.56. The van der Waals surface area contributed by atoms with Crippen LogP contribution in [0.25, 0.3) is 0 Å². The van der Waals surface area contributed by atoms with E-state index in [2.05, 4.69) is 5.32 Å². The molecule has 0 aromatic carbocycles. The van der Waals surface area contributed by atoms with Crippen LogP contribution in [0.4, 0.5) is 0 Å². The predicted octanol–water partition coefficient (Wildman–Crippen LogP) is -0.949. The summed E-state index contributed by atoms with van der Waals surface area (Å²) in [5.74, 6) is -2.93. The molecule has 0 saturated heterocycles. The minimum atomic E-state index is -1.02. The van der Waals surface area contributed by atoms with Crippen molar-refractivity contribution in [3.8, 4) is 0 Å². The first-order chi connectivity index (χ1) is 9.76. The highest BCUT2D eigenvalue weighted by molar-refractivity contribution is 5.75. The van der Waals surface area contributed by atoms with Crippen molar-refractivity contribution in [2.75, 3.05) is 13.6 Å². The summed E-state index contributed by atoms with van der Waals surface area (Å²) in [4.78, 5) is 30.4. The number of carbonyl (C=O) groups is 3. The van der Waals surface area contributed by atoms with Gasteiger partial charge < -0.3 is 32.1 Å². The number of carboxylic acid groups (broad SMARTS) is 3. The lowest BCUT2D eigenvalue weighted by atomic mass is 10.1. The maximum absolute atomic E-state index is 10.3. The zero-order valence-electron chi connectivity index (χ0n) is 12.1. The van der Waals surface area contributed by atoms with Gasteiger partial charge in [0.1, 0.15) is 12.1 Å². The fraction of sp³-hybridized carbons (Fsp3) is 0.750. The number of nitrogens with one attached hydrogen (secondary N) is 1. The number of hydrogen-bond donors (Lipinski definition) is 6. The topological polar surface area (TPSA) is 176 Å². The molecule has 0 aromatic rings. The second-order valence-electron chi connectivity index (χ2n) is 4.34. The van der Waals surface area contributed by atoms with Crippen molar-refractivity contribution in [1.29, 1.82) is 0 Å². The van der Waals surface area contributed by atoms with Crippen molar-refractivity contribution >= 4 is 17.9 Å². The number of hydrogen-bond acceptors (Lipinski definition) is 6. The lowest BCUT2D eigenvalue weighted by molar-refractivity contribution is -0.141. The highest BCUT2D eigenvalue weighted by Crippen LogP contribution is 1.97. The summed E-state index contributed by atoms with van der Waals surface area (Å²) in [6.07, 6.45) is 2.15. The van der Waals surface area contributed by atoms with E-state index in [1.54, 1.807) is 0 Å². The Hall–Kier alpha value is -1.71. The monoisotopic (exact) mass is 307 g/mol. The third kappa shape index (κ3) is 14.5. The Morgan fingerprint density at radius 1 is 1.05 bits per heavy atom. The van der Waals surface area contributed by atoms with Crippen LogP contribution in [0.5, 0.6) is 0 Å². The van der Waals surface area contributed by atoms with Crippen LogP contribution < -0.4 is 16.8 Å². The molecule has 21 heavy (non-hydrogen) atoms. The Balaban J connectivity index is 0. The second-order valence-corrected chi connectivity index (χ2v) is 4.34. The first-order valence-electron chi connectivity index (χ1n) is 6.56. The summed E-state index contributed by atoms with van der Waals surface area (Å²) in [6, 6.07) is -1.47. The van der Waals surface area contributed by atoms with E-state index in [1.807, 2.05) is 0 Å². The van der Waals surface area contributed by atoms with Gasteiger partial charge in [0.25, 0.3) is 0 Å². The van der Waals surface area contributed by atoms with Gasteiger partial charge in [0.15, 0.2) is 0 Å². The van der Waals surface area contributed by atoms with Gasteiger partial charge in [0.05, 0.1) is 0 Å². The highest BCUT2D eigenvalue weighted by atomic mass is 16.4. The fourth-order valence-corrected chi connectivity index (χ4v) is 1.29. The quantitative estimate of drug-likeness (QED) is 0.278. The number of aliphatic carboxylic acids is 3. The third-order valence-corrected chi connectivity index (χ3v) is 2.58. The molecule has 0 fully saturated rings. The van der Waals surface area contributed by atoms with Crippen LogP contribution >= 0.6 is 0 Å².